The van der Waals surface area contributed by atoms with Gasteiger partial charge in [0.1, 0.15) is 22.7 Å². The van der Waals surface area contributed by atoms with Gasteiger partial charge < -0.3 is 19.0 Å². The molecule has 0 bridgehead atoms. The standard InChI is InChI=1S/C24H28O5/c1-8-22(2,3)15-11-14-18(25)13-9-10-23(4,5)29-20(13)17(19(14)28-21(15)26)24(6,7)16-12-27-16/h8-11,16,25H,1,12H2,2-7H3/t16-/m1/s1. The number of epoxide rings is 1. The summed E-state index contributed by atoms with van der Waals surface area (Å²) >= 11 is 0. The third-order valence-corrected chi connectivity index (χ3v) is 6.16. The molecule has 1 N–H and O–H groups in total. The summed E-state index contributed by atoms with van der Waals surface area (Å²) in [6.45, 7) is 16.2. The molecular formula is C24H28O5. The third kappa shape index (κ3) is 2.99. The summed E-state index contributed by atoms with van der Waals surface area (Å²) in [5.74, 6) is 0.588. The Bertz CT molecular complexity index is 1110. The van der Waals surface area contributed by atoms with E-state index in [9.17, 15) is 9.90 Å². The van der Waals surface area contributed by atoms with Crippen LogP contribution in [-0.2, 0) is 15.6 Å². The van der Waals surface area contributed by atoms with Crippen molar-refractivity contribution in [2.24, 2.45) is 0 Å². The van der Waals surface area contributed by atoms with Crippen LogP contribution in [0.5, 0.6) is 11.5 Å². The lowest BCUT2D eigenvalue weighted by Gasteiger charge is -2.34. The van der Waals surface area contributed by atoms with Crippen molar-refractivity contribution >= 4 is 17.0 Å². The lowest BCUT2D eigenvalue weighted by molar-refractivity contribution is 0.153. The first-order chi connectivity index (χ1) is 13.4. The molecule has 5 heteroatoms. The van der Waals surface area contributed by atoms with Gasteiger partial charge in [-0.1, -0.05) is 33.8 Å². The topological polar surface area (TPSA) is 72.2 Å². The molecule has 2 aromatic rings. The van der Waals surface area contributed by atoms with Gasteiger partial charge in [0, 0.05) is 22.0 Å². The van der Waals surface area contributed by atoms with Gasteiger partial charge in [-0.3, -0.25) is 0 Å². The summed E-state index contributed by atoms with van der Waals surface area (Å²) in [6.07, 6.45) is 5.49. The molecule has 154 valence electrons. The molecule has 1 atom stereocenters. The summed E-state index contributed by atoms with van der Waals surface area (Å²) < 4.78 is 17.8. The van der Waals surface area contributed by atoms with Crippen molar-refractivity contribution in [2.45, 2.75) is 64.1 Å². The molecule has 0 spiro atoms. The Morgan fingerprint density at radius 2 is 1.93 bits per heavy atom. The Labute approximate surface area is 170 Å². The molecule has 1 aromatic carbocycles. The van der Waals surface area contributed by atoms with E-state index < -0.39 is 22.1 Å². The average Bonchev–Trinajstić information content (AvgIpc) is 3.46. The van der Waals surface area contributed by atoms with Gasteiger partial charge in [0.2, 0.25) is 0 Å². The zero-order chi connectivity index (χ0) is 21.4. The number of benzene rings is 1. The van der Waals surface area contributed by atoms with Gasteiger partial charge >= 0.3 is 5.63 Å². The number of aromatic hydroxyl groups is 1. The average molecular weight is 396 g/mol. The molecule has 29 heavy (non-hydrogen) atoms. The number of fused-ring (bicyclic) bond motifs is 2. The van der Waals surface area contributed by atoms with Crippen molar-refractivity contribution in [2.75, 3.05) is 6.61 Å². The number of phenolic OH excluding ortho intramolecular Hbond substituents is 1. The van der Waals surface area contributed by atoms with E-state index in [4.69, 9.17) is 13.9 Å². The maximum Gasteiger partial charge on any atom is 0.340 e. The molecular weight excluding hydrogens is 368 g/mol. The fourth-order valence-corrected chi connectivity index (χ4v) is 3.94. The molecule has 4 rings (SSSR count). The molecule has 1 aromatic heterocycles. The summed E-state index contributed by atoms with van der Waals surface area (Å²) in [7, 11) is 0. The highest BCUT2D eigenvalue weighted by molar-refractivity contribution is 5.95. The van der Waals surface area contributed by atoms with Gasteiger partial charge in [0.15, 0.2) is 0 Å². The first-order valence-corrected chi connectivity index (χ1v) is 9.90. The molecule has 0 unspecified atom stereocenters. The van der Waals surface area contributed by atoms with Crippen molar-refractivity contribution in [1.82, 2.24) is 0 Å². The lowest BCUT2D eigenvalue weighted by Crippen LogP contribution is -2.32. The van der Waals surface area contributed by atoms with Crippen molar-refractivity contribution < 1.29 is 19.0 Å². The Balaban J connectivity index is 2.15. The second-order valence-electron chi connectivity index (χ2n) is 9.67. The normalized spacial score (nSPS) is 20.3. The second kappa shape index (κ2) is 5.99. The van der Waals surface area contributed by atoms with E-state index in [-0.39, 0.29) is 11.9 Å². The van der Waals surface area contributed by atoms with Crippen molar-refractivity contribution in [3.63, 3.8) is 0 Å². The minimum Gasteiger partial charge on any atom is -0.506 e. The van der Waals surface area contributed by atoms with Crippen molar-refractivity contribution in [3.05, 3.63) is 51.9 Å². The van der Waals surface area contributed by atoms with E-state index in [1.165, 1.54) is 0 Å². The fraction of sp³-hybridized carbons (Fsp3) is 0.458. The van der Waals surface area contributed by atoms with Gasteiger partial charge in [-0.2, -0.15) is 0 Å². The van der Waals surface area contributed by atoms with E-state index in [2.05, 4.69) is 6.58 Å². The molecule has 0 radical (unpaired) electrons. The van der Waals surface area contributed by atoms with Crippen LogP contribution in [0.15, 0.2) is 34.0 Å². The van der Waals surface area contributed by atoms with E-state index in [0.29, 0.717) is 34.5 Å². The van der Waals surface area contributed by atoms with Crippen LogP contribution in [0.4, 0.5) is 0 Å². The highest BCUT2D eigenvalue weighted by atomic mass is 16.6. The van der Waals surface area contributed by atoms with Crippen LogP contribution in [0.1, 0.15) is 58.2 Å². The first-order valence-electron chi connectivity index (χ1n) is 9.90. The van der Waals surface area contributed by atoms with Crippen LogP contribution in [0.25, 0.3) is 17.0 Å². The Morgan fingerprint density at radius 3 is 2.52 bits per heavy atom. The van der Waals surface area contributed by atoms with Gasteiger partial charge in [0.25, 0.3) is 0 Å². The Morgan fingerprint density at radius 1 is 1.28 bits per heavy atom. The molecule has 1 saturated heterocycles. The van der Waals surface area contributed by atoms with Gasteiger partial charge in [0.05, 0.1) is 23.7 Å². The summed E-state index contributed by atoms with van der Waals surface area (Å²) in [6, 6.07) is 1.72. The summed E-state index contributed by atoms with van der Waals surface area (Å²) in [5.41, 5.74) is 0.0824. The number of hydrogen-bond acceptors (Lipinski definition) is 5. The molecule has 0 saturated carbocycles. The lowest BCUT2D eigenvalue weighted by atomic mass is 9.77. The highest BCUT2D eigenvalue weighted by Crippen LogP contribution is 2.51. The van der Waals surface area contributed by atoms with E-state index >= 15 is 0 Å². The molecule has 0 aliphatic carbocycles. The second-order valence-corrected chi connectivity index (χ2v) is 9.67. The monoisotopic (exact) mass is 396 g/mol. The van der Waals surface area contributed by atoms with Gasteiger partial charge in [-0.05, 0) is 32.1 Å². The smallest absolute Gasteiger partial charge is 0.340 e. The highest BCUT2D eigenvalue weighted by Gasteiger charge is 2.46. The molecule has 5 nitrogen and oxygen atoms in total. The van der Waals surface area contributed by atoms with Crippen LogP contribution < -0.4 is 10.4 Å². The van der Waals surface area contributed by atoms with Crippen molar-refractivity contribution in [1.29, 1.82) is 0 Å². The predicted molar refractivity (Wildman–Crippen MR) is 114 cm³/mol. The first kappa shape index (κ1) is 19.8. The van der Waals surface area contributed by atoms with Gasteiger partial charge in [-0.25, -0.2) is 4.79 Å². The number of allylic oxidation sites excluding steroid dienone is 1. The number of rotatable bonds is 4. The molecule has 0 amide bonds. The molecule has 1 fully saturated rings. The molecule has 3 heterocycles. The van der Waals surface area contributed by atoms with E-state index in [1.807, 2.05) is 53.7 Å². The Hall–Kier alpha value is -2.53. The summed E-state index contributed by atoms with van der Waals surface area (Å²) in [4.78, 5) is 12.9. The van der Waals surface area contributed by atoms with Crippen LogP contribution in [0, 0.1) is 0 Å². The Kier molecular flexibility index (Phi) is 4.08. The van der Waals surface area contributed by atoms with Crippen LogP contribution in [0.2, 0.25) is 0 Å². The van der Waals surface area contributed by atoms with E-state index in [1.54, 1.807) is 12.1 Å². The number of hydrogen-bond donors (Lipinski definition) is 1. The number of ether oxygens (including phenoxy) is 2. The zero-order valence-electron chi connectivity index (χ0n) is 17.9. The quantitative estimate of drug-likeness (QED) is 0.456. The largest absolute Gasteiger partial charge is 0.506 e. The van der Waals surface area contributed by atoms with Crippen LogP contribution in [-0.4, -0.2) is 23.4 Å². The maximum atomic E-state index is 12.9. The van der Waals surface area contributed by atoms with Crippen LogP contribution >= 0.6 is 0 Å². The predicted octanol–water partition coefficient (Wildman–Crippen LogP) is 4.82. The summed E-state index contributed by atoms with van der Waals surface area (Å²) in [5, 5.41) is 11.6. The molecule has 2 aliphatic rings. The molecule has 2 aliphatic heterocycles. The fourth-order valence-electron chi connectivity index (χ4n) is 3.94. The third-order valence-electron chi connectivity index (χ3n) is 6.16. The minimum absolute atomic E-state index is 0.00782. The number of phenols is 1. The SMILES string of the molecule is C=CC(C)(C)c1cc2c(O)c3c(c(C(C)(C)[C@H]4CO4)c2oc1=O)OC(C)(C)C=C3. The van der Waals surface area contributed by atoms with Crippen molar-refractivity contribution in [3.8, 4) is 11.5 Å². The van der Waals surface area contributed by atoms with Gasteiger partial charge in [-0.15, -0.1) is 6.58 Å². The zero-order valence-corrected chi connectivity index (χ0v) is 17.9. The minimum atomic E-state index is -0.596. The maximum absolute atomic E-state index is 12.9. The van der Waals surface area contributed by atoms with Crippen LogP contribution in [0.3, 0.4) is 0 Å². The van der Waals surface area contributed by atoms with E-state index in [0.717, 1.165) is 5.56 Å².